The smallest absolute Gasteiger partial charge is 0.243 e. The maximum Gasteiger partial charge on any atom is 0.243 e. The standard InChI is InChI=1S/C17H17NO4S/c19-17(20)12-16-15-9-5-4-6-13(15)10-11-18(16)23(21,22)14-7-2-1-3-8-14/h1-9,16H,10-12H2,(H,19,20)/p-1/t16-/m0/s1. The highest BCUT2D eigenvalue weighted by molar-refractivity contribution is 7.89. The molecule has 2 aromatic rings. The van der Waals surface area contributed by atoms with Gasteiger partial charge in [-0.2, -0.15) is 4.31 Å². The van der Waals surface area contributed by atoms with Crippen LogP contribution in [0.25, 0.3) is 0 Å². The molecule has 0 spiro atoms. The summed E-state index contributed by atoms with van der Waals surface area (Å²) in [4.78, 5) is 11.3. The number of hydrogen-bond acceptors (Lipinski definition) is 4. The van der Waals surface area contributed by atoms with Gasteiger partial charge in [-0.05, 0) is 29.7 Å². The zero-order valence-electron chi connectivity index (χ0n) is 12.4. The van der Waals surface area contributed by atoms with Gasteiger partial charge in [-0.3, -0.25) is 0 Å². The third-order valence-electron chi connectivity index (χ3n) is 4.07. The first-order valence-electron chi connectivity index (χ1n) is 7.34. The molecule has 0 aliphatic carbocycles. The Labute approximate surface area is 135 Å². The predicted octanol–water partition coefficient (Wildman–Crippen LogP) is 1.11. The first kappa shape index (κ1) is 15.7. The molecule has 0 aromatic heterocycles. The van der Waals surface area contributed by atoms with Gasteiger partial charge in [0.2, 0.25) is 10.0 Å². The number of carbonyl (C=O) groups excluding carboxylic acids is 1. The second-order valence-corrected chi connectivity index (χ2v) is 7.36. The maximum absolute atomic E-state index is 12.9. The number of nitrogens with zero attached hydrogens (tertiary/aromatic N) is 1. The van der Waals surface area contributed by atoms with Crippen molar-refractivity contribution in [3.63, 3.8) is 0 Å². The molecule has 0 fully saturated rings. The minimum atomic E-state index is -3.76. The fourth-order valence-electron chi connectivity index (χ4n) is 3.01. The van der Waals surface area contributed by atoms with Crippen molar-refractivity contribution in [2.45, 2.75) is 23.8 Å². The number of hydrogen-bond donors (Lipinski definition) is 0. The Morgan fingerprint density at radius 2 is 1.74 bits per heavy atom. The summed E-state index contributed by atoms with van der Waals surface area (Å²) in [6.07, 6.45) is 0.203. The number of carboxylic acids is 1. The van der Waals surface area contributed by atoms with E-state index in [2.05, 4.69) is 0 Å². The molecule has 0 bridgehead atoms. The minimum Gasteiger partial charge on any atom is -0.550 e. The fraction of sp³-hybridized carbons (Fsp3) is 0.235. The summed E-state index contributed by atoms with van der Waals surface area (Å²) in [7, 11) is -3.76. The van der Waals surface area contributed by atoms with Crippen LogP contribution >= 0.6 is 0 Å². The van der Waals surface area contributed by atoms with E-state index in [-0.39, 0.29) is 17.9 Å². The molecule has 0 radical (unpaired) electrons. The third-order valence-corrected chi connectivity index (χ3v) is 6.00. The van der Waals surface area contributed by atoms with Gasteiger partial charge in [0.1, 0.15) is 0 Å². The van der Waals surface area contributed by atoms with Crippen LogP contribution in [0.15, 0.2) is 59.5 Å². The number of sulfonamides is 1. The van der Waals surface area contributed by atoms with Gasteiger partial charge in [0.05, 0.1) is 10.9 Å². The Bertz CT molecular complexity index is 817. The number of carboxylic acid groups (broad SMARTS) is 1. The maximum atomic E-state index is 12.9. The van der Waals surface area contributed by atoms with Gasteiger partial charge < -0.3 is 9.90 Å². The molecule has 0 saturated carbocycles. The second kappa shape index (κ2) is 6.14. The van der Waals surface area contributed by atoms with Gasteiger partial charge in [0, 0.05) is 18.9 Å². The average Bonchev–Trinajstić information content (AvgIpc) is 2.55. The molecule has 5 nitrogen and oxygen atoms in total. The van der Waals surface area contributed by atoms with Crippen LogP contribution in [0.1, 0.15) is 23.6 Å². The second-order valence-electron chi connectivity index (χ2n) is 5.47. The van der Waals surface area contributed by atoms with Gasteiger partial charge in [-0.1, -0.05) is 42.5 Å². The molecule has 120 valence electrons. The molecule has 0 saturated heterocycles. The Morgan fingerprint density at radius 1 is 1.09 bits per heavy atom. The minimum absolute atomic E-state index is 0.169. The van der Waals surface area contributed by atoms with E-state index in [4.69, 9.17) is 0 Å². The molecule has 23 heavy (non-hydrogen) atoms. The molecule has 1 atom stereocenters. The number of fused-ring (bicyclic) bond motifs is 1. The first-order valence-corrected chi connectivity index (χ1v) is 8.78. The summed E-state index contributed by atoms with van der Waals surface area (Å²) in [6.45, 7) is 0.256. The van der Waals surface area contributed by atoms with Crippen LogP contribution in [-0.4, -0.2) is 25.2 Å². The zero-order valence-corrected chi connectivity index (χ0v) is 13.2. The van der Waals surface area contributed by atoms with E-state index >= 15 is 0 Å². The quantitative estimate of drug-likeness (QED) is 0.841. The van der Waals surface area contributed by atoms with Crippen molar-refractivity contribution >= 4 is 16.0 Å². The van der Waals surface area contributed by atoms with Crippen molar-refractivity contribution in [3.8, 4) is 0 Å². The Hall–Kier alpha value is -2.18. The zero-order chi connectivity index (χ0) is 16.4. The molecule has 0 N–H and O–H groups in total. The lowest BCUT2D eigenvalue weighted by Crippen LogP contribution is -2.42. The summed E-state index contributed by atoms with van der Waals surface area (Å²) >= 11 is 0. The van der Waals surface area contributed by atoms with Crippen LogP contribution in [-0.2, 0) is 21.2 Å². The summed E-state index contributed by atoms with van der Waals surface area (Å²) in [5.74, 6) is -1.26. The number of benzene rings is 2. The lowest BCUT2D eigenvalue weighted by Gasteiger charge is -2.36. The van der Waals surface area contributed by atoms with Gasteiger partial charge >= 0.3 is 0 Å². The molecular formula is C17H16NO4S-. The van der Waals surface area contributed by atoms with E-state index in [1.807, 2.05) is 12.1 Å². The highest BCUT2D eigenvalue weighted by atomic mass is 32.2. The van der Waals surface area contributed by atoms with E-state index in [0.717, 1.165) is 11.1 Å². The van der Waals surface area contributed by atoms with Gasteiger partial charge in [0.15, 0.2) is 0 Å². The molecule has 3 rings (SSSR count). The van der Waals surface area contributed by atoms with E-state index in [1.54, 1.807) is 30.3 Å². The number of rotatable bonds is 4. The van der Waals surface area contributed by atoms with E-state index in [9.17, 15) is 18.3 Å². The van der Waals surface area contributed by atoms with Crippen LogP contribution < -0.4 is 5.11 Å². The van der Waals surface area contributed by atoms with E-state index < -0.39 is 22.0 Å². The molecule has 0 unspecified atom stereocenters. The Morgan fingerprint density at radius 3 is 2.43 bits per heavy atom. The van der Waals surface area contributed by atoms with E-state index in [0.29, 0.717) is 6.42 Å². The first-order chi connectivity index (χ1) is 11.0. The van der Waals surface area contributed by atoms with Gasteiger partial charge in [-0.25, -0.2) is 8.42 Å². The van der Waals surface area contributed by atoms with Gasteiger partial charge in [0.25, 0.3) is 0 Å². The molecule has 0 amide bonds. The van der Waals surface area contributed by atoms with Crippen molar-refractivity contribution in [1.82, 2.24) is 4.31 Å². The average molecular weight is 330 g/mol. The number of carbonyl (C=O) groups is 1. The Balaban J connectivity index is 2.06. The summed E-state index contributed by atoms with van der Waals surface area (Å²) < 4.78 is 27.1. The van der Waals surface area contributed by atoms with Crippen LogP contribution in [0, 0.1) is 0 Å². The van der Waals surface area contributed by atoms with E-state index in [1.165, 1.54) is 16.4 Å². The molecule has 2 aromatic carbocycles. The summed E-state index contributed by atoms with van der Waals surface area (Å²) in [5.41, 5.74) is 1.72. The monoisotopic (exact) mass is 330 g/mol. The van der Waals surface area contributed by atoms with Crippen LogP contribution in [0.4, 0.5) is 0 Å². The topological polar surface area (TPSA) is 77.5 Å². The predicted molar refractivity (Wildman–Crippen MR) is 82.8 cm³/mol. The molecular weight excluding hydrogens is 314 g/mol. The molecule has 1 heterocycles. The Kier molecular flexibility index (Phi) is 4.19. The largest absolute Gasteiger partial charge is 0.550 e. The normalized spacial score (nSPS) is 18.3. The van der Waals surface area contributed by atoms with Crippen molar-refractivity contribution in [2.75, 3.05) is 6.54 Å². The van der Waals surface area contributed by atoms with Gasteiger partial charge in [-0.15, -0.1) is 0 Å². The molecule has 6 heteroatoms. The van der Waals surface area contributed by atoms with Crippen molar-refractivity contribution in [2.24, 2.45) is 0 Å². The summed E-state index contributed by atoms with van der Waals surface area (Å²) in [6, 6.07) is 14.7. The SMILES string of the molecule is O=C([O-])C[C@H]1c2ccccc2CCN1S(=O)(=O)c1ccccc1. The molecule has 1 aliphatic heterocycles. The third kappa shape index (κ3) is 3.00. The van der Waals surface area contributed by atoms with Crippen LogP contribution in [0.5, 0.6) is 0 Å². The molecule has 1 aliphatic rings. The highest BCUT2D eigenvalue weighted by Gasteiger charge is 2.36. The lowest BCUT2D eigenvalue weighted by atomic mass is 9.92. The van der Waals surface area contributed by atoms with Crippen LogP contribution in [0.2, 0.25) is 0 Å². The van der Waals surface area contributed by atoms with Crippen molar-refractivity contribution in [1.29, 1.82) is 0 Å². The summed E-state index contributed by atoms with van der Waals surface area (Å²) in [5, 5.41) is 11.2. The number of aliphatic carboxylic acids is 1. The fourth-order valence-corrected chi connectivity index (χ4v) is 4.64. The lowest BCUT2D eigenvalue weighted by molar-refractivity contribution is -0.306. The van der Waals surface area contributed by atoms with Crippen molar-refractivity contribution < 1.29 is 18.3 Å². The van der Waals surface area contributed by atoms with Crippen LogP contribution in [0.3, 0.4) is 0 Å². The highest BCUT2D eigenvalue weighted by Crippen LogP contribution is 2.35. The van der Waals surface area contributed by atoms with Crippen molar-refractivity contribution in [3.05, 3.63) is 65.7 Å².